The molecule has 1 aliphatic heterocycles. The number of nitrogens with zero attached hydrogens (tertiary/aromatic N) is 5. The summed E-state index contributed by atoms with van der Waals surface area (Å²) in [5.41, 5.74) is 6.86. The van der Waals surface area contributed by atoms with Gasteiger partial charge in [0.25, 0.3) is 0 Å². The van der Waals surface area contributed by atoms with E-state index >= 15 is 0 Å². The summed E-state index contributed by atoms with van der Waals surface area (Å²) < 4.78 is 76.5. The summed E-state index contributed by atoms with van der Waals surface area (Å²) >= 11 is 0. The number of carboxylic acid groups (broad SMARTS) is 2. The standard InChI is InChI=1S/C20H25N7O3.2C2HF3O2/c1-4-27-17-14(29-12-6-9-22-10-7-12)11-23-13(5-8-20(2,3)28)15(17)24-19(27)16-18(21)26-30-25-16;2*3-2(4,5)1(6)7/h11-12,22,28H,4,6-7,9-10H2,1-3H3,(H2,21,26);2*(H,6,7). The fourth-order valence-corrected chi connectivity index (χ4v) is 3.44. The molecule has 6 N–H and O–H groups in total. The lowest BCUT2D eigenvalue weighted by atomic mass is 10.1. The van der Waals surface area contributed by atoms with E-state index in [0.29, 0.717) is 35.0 Å². The number of alkyl halides is 6. The highest BCUT2D eigenvalue weighted by molar-refractivity contribution is 5.89. The maximum absolute atomic E-state index is 10.6. The molecule has 0 aromatic carbocycles. The average molecular weight is 640 g/mol. The minimum Gasteiger partial charge on any atom is -0.486 e. The van der Waals surface area contributed by atoms with Crippen LogP contribution in [-0.4, -0.2) is 89.3 Å². The summed E-state index contributed by atoms with van der Waals surface area (Å²) in [4.78, 5) is 27.0. The average Bonchev–Trinajstić information content (AvgIpc) is 3.51. The zero-order valence-corrected chi connectivity index (χ0v) is 23.2. The number of aromatic nitrogens is 5. The second kappa shape index (κ2) is 14.2. The third-order valence-electron chi connectivity index (χ3n) is 5.33. The third kappa shape index (κ3) is 9.98. The van der Waals surface area contributed by atoms with Crippen molar-refractivity contribution in [2.75, 3.05) is 18.8 Å². The fourth-order valence-electron chi connectivity index (χ4n) is 3.44. The van der Waals surface area contributed by atoms with Gasteiger partial charge in [-0.05, 0) is 62.9 Å². The summed E-state index contributed by atoms with van der Waals surface area (Å²) in [7, 11) is 0. The smallest absolute Gasteiger partial charge is 0.486 e. The first-order chi connectivity index (χ1) is 20.3. The largest absolute Gasteiger partial charge is 0.490 e. The van der Waals surface area contributed by atoms with Gasteiger partial charge in [-0.15, -0.1) is 0 Å². The molecule has 0 saturated carbocycles. The minimum atomic E-state index is -5.08. The van der Waals surface area contributed by atoms with Crippen molar-refractivity contribution in [1.29, 1.82) is 0 Å². The van der Waals surface area contributed by atoms with E-state index < -0.39 is 29.9 Å². The number of hydrogen-bond donors (Lipinski definition) is 5. The molecule has 0 aliphatic carbocycles. The van der Waals surface area contributed by atoms with Gasteiger partial charge in [0.15, 0.2) is 23.1 Å². The Bertz CT molecular complexity index is 1490. The molecule has 3 aromatic rings. The van der Waals surface area contributed by atoms with Crippen LogP contribution in [0.2, 0.25) is 0 Å². The Morgan fingerprint density at radius 3 is 2.09 bits per heavy atom. The number of fused-ring (bicyclic) bond motifs is 1. The maximum atomic E-state index is 10.6. The van der Waals surface area contributed by atoms with Crippen molar-refractivity contribution in [2.45, 2.75) is 64.2 Å². The lowest BCUT2D eigenvalue weighted by Crippen LogP contribution is -2.34. The Balaban J connectivity index is 0.000000402. The summed E-state index contributed by atoms with van der Waals surface area (Å²) in [5.74, 6) is 1.50. The van der Waals surface area contributed by atoms with E-state index in [-0.39, 0.29) is 11.9 Å². The van der Waals surface area contributed by atoms with E-state index in [0.717, 1.165) is 31.4 Å². The molecule has 20 heteroatoms. The first-order valence-corrected chi connectivity index (χ1v) is 12.5. The summed E-state index contributed by atoms with van der Waals surface area (Å²) in [5, 5.41) is 35.2. The quantitative estimate of drug-likeness (QED) is 0.205. The molecular weight excluding hydrogens is 612 g/mol. The highest BCUT2D eigenvalue weighted by Gasteiger charge is 2.39. The topological polar surface area (TPSA) is 212 Å². The third-order valence-corrected chi connectivity index (χ3v) is 5.33. The number of nitrogens with two attached hydrogens (primary N) is 1. The van der Waals surface area contributed by atoms with E-state index in [1.54, 1.807) is 20.0 Å². The van der Waals surface area contributed by atoms with Crippen molar-refractivity contribution in [2.24, 2.45) is 0 Å². The monoisotopic (exact) mass is 639 g/mol. The van der Waals surface area contributed by atoms with Gasteiger partial charge in [0, 0.05) is 6.54 Å². The summed E-state index contributed by atoms with van der Waals surface area (Å²) in [6.07, 6.45) is -6.59. The Morgan fingerprint density at radius 1 is 1.11 bits per heavy atom. The van der Waals surface area contributed by atoms with Crippen molar-refractivity contribution in [3.63, 3.8) is 0 Å². The number of hydrogen-bond acceptors (Lipinski definition) is 11. The fraction of sp³-hybridized carbons (Fsp3) is 0.500. The molecule has 4 rings (SSSR count). The van der Waals surface area contributed by atoms with Crippen LogP contribution in [0, 0.1) is 11.8 Å². The van der Waals surface area contributed by atoms with E-state index in [2.05, 4.69) is 32.5 Å². The molecule has 0 amide bonds. The van der Waals surface area contributed by atoms with Crippen LogP contribution in [0.1, 0.15) is 39.3 Å². The van der Waals surface area contributed by atoms with Gasteiger partial charge in [-0.25, -0.2) is 24.2 Å². The zero-order chi connectivity index (χ0) is 33.5. The molecule has 0 spiro atoms. The number of aliphatic carboxylic acids is 2. The zero-order valence-electron chi connectivity index (χ0n) is 23.2. The molecule has 44 heavy (non-hydrogen) atoms. The van der Waals surface area contributed by atoms with Crippen LogP contribution in [0.15, 0.2) is 10.8 Å². The summed E-state index contributed by atoms with van der Waals surface area (Å²) in [6.45, 7) is 7.63. The molecule has 0 unspecified atom stereocenters. The number of nitrogen functional groups attached to an aromatic ring is 1. The van der Waals surface area contributed by atoms with Gasteiger partial charge in [-0.2, -0.15) is 26.3 Å². The van der Waals surface area contributed by atoms with E-state index in [1.165, 1.54) is 0 Å². The predicted octanol–water partition coefficient (Wildman–Crippen LogP) is 2.60. The second-order valence-corrected chi connectivity index (χ2v) is 9.33. The molecular formula is C24H27F6N7O7. The van der Waals surface area contributed by atoms with Crippen LogP contribution in [0.4, 0.5) is 32.2 Å². The second-order valence-electron chi connectivity index (χ2n) is 9.33. The number of anilines is 1. The van der Waals surface area contributed by atoms with Crippen molar-refractivity contribution >= 4 is 28.8 Å². The lowest BCUT2D eigenvalue weighted by Gasteiger charge is -2.24. The minimum absolute atomic E-state index is 0.0898. The molecule has 3 aromatic heterocycles. The first kappa shape index (κ1) is 35.6. The van der Waals surface area contributed by atoms with Gasteiger partial charge in [-0.3, -0.25) is 0 Å². The lowest BCUT2D eigenvalue weighted by molar-refractivity contribution is -0.193. The van der Waals surface area contributed by atoms with E-state index in [1.807, 2.05) is 11.5 Å². The normalized spacial score (nSPS) is 14.0. The Hall–Kier alpha value is -4.64. The number of imidazole rings is 1. The van der Waals surface area contributed by atoms with Crippen LogP contribution in [-0.2, 0) is 16.1 Å². The first-order valence-electron chi connectivity index (χ1n) is 12.5. The van der Waals surface area contributed by atoms with Gasteiger partial charge in [0.05, 0.1) is 6.20 Å². The van der Waals surface area contributed by atoms with Gasteiger partial charge in [0.2, 0.25) is 0 Å². The van der Waals surface area contributed by atoms with E-state index in [9.17, 15) is 31.4 Å². The van der Waals surface area contributed by atoms with Gasteiger partial charge < -0.3 is 35.7 Å². The number of rotatable bonds is 4. The number of carboxylic acids is 2. The van der Waals surface area contributed by atoms with Gasteiger partial charge in [0.1, 0.15) is 28.4 Å². The predicted molar refractivity (Wildman–Crippen MR) is 138 cm³/mol. The van der Waals surface area contributed by atoms with Crippen molar-refractivity contribution in [3.8, 4) is 29.1 Å². The van der Waals surface area contributed by atoms with E-state index in [4.69, 9.17) is 39.9 Å². The number of piperidine rings is 1. The number of nitrogens with one attached hydrogen (secondary N) is 1. The van der Waals surface area contributed by atoms with Crippen LogP contribution >= 0.6 is 0 Å². The van der Waals surface area contributed by atoms with Gasteiger partial charge >= 0.3 is 24.3 Å². The van der Waals surface area contributed by atoms with Crippen LogP contribution < -0.4 is 15.8 Å². The van der Waals surface area contributed by atoms with Crippen molar-refractivity contribution < 1.29 is 60.6 Å². The number of halogens is 6. The Kier molecular flexibility index (Phi) is 11.5. The number of pyridine rings is 1. The highest BCUT2D eigenvalue weighted by atomic mass is 19.4. The maximum Gasteiger partial charge on any atom is 0.490 e. The molecule has 1 aliphatic rings. The van der Waals surface area contributed by atoms with Crippen LogP contribution in [0.3, 0.4) is 0 Å². The molecule has 14 nitrogen and oxygen atoms in total. The Morgan fingerprint density at radius 2 is 1.66 bits per heavy atom. The van der Waals surface area contributed by atoms with Crippen LogP contribution in [0.5, 0.6) is 5.75 Å². The molecule has 1 saturated heterocycles. The molecule has 0 atom stereocenters. The number of ether oxygens (including phenoxy) is 1. The SMILES string of the molecule is CCn1c(-c2nonc2N)nc2c(C#CC(C)(C)O)ncc(OC3CCNCC3)c21.O=C(O)C(F)(F)F.O=C(O)C(F)(F)F. The number of aryl methyl sites for hydroxylation is 1. The number of carbonyl (C=O) groups is 2. The molecule has 242 valence electrons. The molecule has 4 heterocycles. The summed E-state index contributed by atoms with van der Waals surface area (Å²) in [6, 6.07) is 0. The molecule has 0 radical (unpaired) electrons. The highest BCUT2D eigenvalue weighted by Crippen LogP contribution is 2.34. The van der Waals surface area contributed by atoms with Crippen molar-refractivity contribution in [3.05, 3.63) is 11.9 Å². The molecule has 1 fully saturated rings. The van der Waals surface area contributed by atoms with Crippen molar-refractivity contribution in [1.82, 2.24) is 30.2 Å². The molecule has 0 bridgehead atoms. The van der Waals surface area contributed by atoms with Crippen LogP contribution in [0.25, 0.3) is 22.6 Å². The Labute approximate surface area is 244 Å². The number of aliphatic hydroxyl groups is 1. The van der Waals surface area contributed by atoms with Gasteiger partial charge in [-0.1, -0.05) is 5.92 Å².